The molecule has 0 N–H and O–H groups in total. The quantitative estimate of drug-likeness (QED) is 0.554. The molecule has 2 unspecified atom stereocenters. The third kappa shape index (κ3) is 1.76. The molecular formula is C11H17NO2. The molecule has 0 aromatic rings. The Morgan fingerprint density at radius 3 is 2.57 bits per heavy atom. The minimum atomic E-state index is -0.386. The molecule has 1 aliphatic carbocycles. The predicted octanol–water partition coefficient (Wildman–Crippen LogP) is 2.18. The van der Waals surface area contributed by atoms with Gasteiger partial charge in [-0.2, -0.15) is 0 Å². The first-order chi connectivity index (χ1) is 6.46. The summed E-state index contributed by atoms with van der Waals surface area (Å²) < 4.78 is 5.33. The summed E-state index contributed by atoms with van der Waals surface area (Å²) in [6.07, 6.45) is 5.22. The third-order valence-corrected chi connectivity index (χ3v) is 2.61. The van der Waals surface area contributed by atoms with Crippen LogP contribution in [0.25, 0.3) is 0 Å². The van der Waals surface area contributed by atoms with Gasteiger partial charge in [-0.25, -0.2) is 4.79 Å². The number of carbonyl (C=O) groups excluding carboxylic acids is 1. The van der Waals surface area contributed by atoms with Gasteiger partial charge in [-0.1, -0.05) is 12.2 Å². The van der Waals surface area contributed by atoms with Crippen LogP contribution in [0.2, 0.25) is 0 Å². The predicted molar refractivity (Wildman–Crippen MR) is 54.0 cm³/mol. The fourth-order valence-corrected chi connectivity index (χ4v) is 2.04. The van der Waals surface area contributed by atoms with Gasteiger partial charge in [0.1, 0.15) is 5.60 Å². The van der Waals surface area contributed by atoms with Gasteiger partial charge in [-0.05, 0) is 33.1 Å². The SMILES string of the molecule is CC(C)(C)OC(=O)N1CC2C=CC1C2. The van der Waals surface area contributed by atoms with E-state index < -0.39 is 0 Å². The third-order valence-electron chi connectivity index (χ3n) is 2.61. The van der Waals surface area contributed by atoms with E-state index in [4.69, 9.17) is 4.74 Å². The van der Waals surface area contributed by atoms with E-state index in [9.17, 15) is 4.79 Å². The second kappa shape index (κ2) is 3.01. The molecule has 78 valence electrons. The number of hydrogen-bond donors (Lipinski definition) is 0. The fourth-order valence-electron chi connectivity index (χ4n) is 2.04. The van der Waals surface area contributed by atoms with Crippen molar-refractivity contribution >= 4 is 6.09 Å². The highest BCUT2D eigenvalue weighted by Gasteiger charge is 2.38. The smallest absolute Gasteiger partial charge is 0.410 e. The Kier molecular flexibility index (Phi) is 2.05. The zero-order valence-electron chi connectivity index (χ0n) is 8.99. The van der Waals surface area contributed by atoms with Crippen molar-refractivity contribution in [1.29, 1.82) is 0 Å². The first kappa shape index (κ1) is 9.56. The van der Waals surface area contributed by atoms with E-state index in [1.807, 2.05) is 25.7 Å². The molecule has 0 radical (unpaired) electrons. The van der Waals surface area contributed by atoms with Gasteiger partial charge in [-0.3, -0.25) is 0 Å². The van der Waals surface area contributed by atoms with Crippen LogP contribution in [0.4, 0.5) is 4.79 Å². The van der Waals surface area contributed by atoms with Gasteiger partial charge in [0.2, 0.25) is 0 Å². The van der Waals surface area contributed by atoms with E-state index in [2.05, 4.69) is 12.2 Å². The topological polar surface area (TPSA) is 29.5 Å². The molecule has 2 rings (SSSR count). The Hall–Kier alpha value is -0.990. The van der Waals surface area contributed by atoms with Crippen molar-refractivity contribution in [2.24, 2.45) is 5.92 Å². The van der Waals surface area contributed by atoms with Crippen molar-refractivity contribution in [3.8, 4) is 0 Å². The Morgan fingerprint density at radius 1 is 1.43 bits per heavy atom. The Bertz CT molecular complexity index is 278. The van der Waals surface area contributed by atoms with Crippen LogP contribution in [0.1, 0.15) is 27.2 Å². The first-order valence-corrected chi connectivity index (χ1v) is 5.14. The van der Waals surface area contributed by atoms with Gasteiger partial charge in [0.15, 0.2) is 0 Å². The van der Waals surface area contributed by atoms with Crippen LogP contribution in [0, 0.1) is 5.92 Å². The van der Waals surface area contributed by atoms with Crippen LogP contribution in [-0.4, -0.2) is 29.2 Å². The number of likely N-dealkylation sites (tertiary alicyclic amines) is 1. The molecule has 1 fully saturated rings. The average molecular weight is 195 g/mol. The molecule has 1 heterocycles. The van der Waals surface area contributed by atoms with E-state index in [1.54, 1.807) is 0 Å². The number of carbonyl (C=O) groups is 1. The monoisotopic (exact) mass is 195 g/mol. The lowest BCUT2D eigenvalue weighted by molar-refractivity contribution is 0.0247. The Labute approximate surface area is 84.7 Å². The van der Waals surface area contributed by atoms with E-state index in [-0.39, 0.29) is 17.7 Å². The zero-order chi connectivity index (χ0) is 10.3. The molecule has 1 aliphatic heterocycles. The molecule has 14 heavy (non-hydrogen) atoms. The molecule has 2 aliphatic rings. The van der Waals surface area contributed by atoms with Gasteiger partial charge in [0.25, 0.3) is 0 Å². The number of rotatable bonds is 0. The number of amides is 1. The molecule has 0 aromatic heterocycles. The number of fused-ring (bicyclic) bond motifs is 2. The van der Waals surface area contributed by atoms with Gasteiger partial charge >= 0.3 is 6.09 Å². The Morgan fingerprint density at radius 2 is 2.14 bits per heavy atom. The molecular weight excluding hydrogens is 178 g/mol. The van der Waals surface area contributed by atoms with Gasteiger partial charge in [0.05, 0.1) is 6.04 Å². The molecule has 3 heteroatoms. The normalized spacial score (nSPS) is 29.8. The highest BCUT2D eigenvalue weighted by Crippen LogP contribution is 2.32. The van der Waals surface area contributed by atoms with Crippen molar-refractivity contribution in [2.45, 2.75) is 38.8 Å². The minimum Gasteiger partial charge on any atom is -0.444 e. The summed E-state index contributed by atoms with van der Waals surface area (Å²) in [4.78, 5) is 13.5. The van der Waals surface area contributed by atoms with Crippen LogP contribution < -0.4 is 0 Å². The zero-order valence-corrected chi connectivity index (χ0v) is 8.99. The molecule has 1 saturated heterocycles. The molecule has 3 nitrogen and oxygen atoms in total. The standard InChI is InChI=1S/C11H17NO2/c1-11(2,3)14-10(13)12-7-8-4-5-9(12)6-8/h4-5,8-9H,6-7H2,1-3H3. The summed E-state index contributed by atoms with van der Waals surface area (Å²) in [5.74, 6) is 0.563. The summed E-state index contributed by atoms with van der Waals surface area (Å²) in [7, 11) is 0. The van der Waals surface area contributed by atoms with Crippen LogP contribution in [0.3, 0.4) is 0 Å². The maximum atomic E-state index is 11.7. The van der Waals surface area contributed by atoms with Crippen molar-refractivity contribution in [3.63, 3.8) is 0 Å². The van der Waals surface area contributed by atoms with Gasteiger partial charge in [-0.15, -0.1) is 0 Å². The lowest BCUT2D eigenvalue weighted by atomic mass is 10.2. The first-order valence-electron chi connectivity index (χ1n) is 5.14. The molecule has 0 aromatic carbocycles. The van der Waals surface area contributed by atoms with Crippen molar-refractivity contribution in [3.05, 3.63) is 12.2 Å². The molecule has 1 amide bonds. The summed E-state index contributed by atoms with van der Waals surface area (Å²) >= 11 is 0. The molecule has 0 spiro atoms. The lowest BCUT2D eigenvalue weighted by Gasteiger charge is -2.28. The van der Waals surface area contributed by atoms with E-state index in [0.29, 0.717) is 5.92 Å². The lowest BCUT2D eigenvalue weighted by Crippen LogP contribution is -2.40. The summed E-state index contributed by atoms with van der Waals surface area (Å²) in [6, 6.07) is 0.287. The maximum absolute atomic E-state index is 11.7. The number of ether oxygens (including phenoxy) is 1. The van der Waals surface area contributed by atoms with Crippen molar-refractivity contribution in [2.75, 3.05) is 6.54 Å². The van der Waals surface area contributed by atoms with Gasteiger partial charge in [0, 0.05) is 6.54 Å². The minimum absolute atomic E-state index is 0.172. The maximum Gasteiger partial charge on any atom is 0.410 e. The van der Waals surface area contributed by atoms with E-state index in [1.165, 1.54) is 0 Å². The second-order valence-corrected chi connectivity index (χ2v) is 5.08. The van der Waals surface area contributed by atoms with Crippen LogP contribution in [0.5, 0.6) is 0 Å². The van der Waals surface area contributed by atoms with Crippen LogP contribution in [-0.2, 0) is 4.74 Å². The summed E-state index contributed by atoms with van der Waals surface area (Å²) in [6.45, 7) is 6.52. The van der Waals surface area contributed by atoms with E-state index >= 15 is 0 Å². The molecule has 0 saturated carbocycles. The van der Waals surface area contributed by atoms with Gasteiger partial charge < -0.3 is 9.64 Å². The highest BCUT2D eigenvalue weighted by atomic mass is 16.6. The fraction of sp³-hybridized carbons (Fsp3) is 0.727. The average Bonchev–Trinajstić information content (AvgIpc) is 2.59. The highest BCUT2D eigenvalue weighted by molar-refractivity contribution is 5.69. The summed E-state index contributed by atoms with van der Waals surface area (Å²) in [5.41, 5.74) is -0.386. The Balaban J connectivity index is 1.97. The number of hydrogen-bond acceptors (Lipinski definition) is 2. The van der Waals surface area contributed by atoms with Crippen molar-refractivity contribution in [1.82, 2.24) is 4.90 Å². The van der Waals surface area contributed by atoms with Crippen molar-refractivity contribution < 1.29 is 9.53 Å². The van der Waals surface area contributed by atoms with E-state index in [0.717, 1.165) is 13.0 Å². The molecule has 2 atom stereocenters. The second-order valence-electron chi connectivity index (χ2n) is 5.08. The van der Waals surface area contributed by atoms with Crippen LogP contribution >= 0.6 is 0 Å². The largest absolute Gasteiger partial charge is 0.444 e. The van der Waals surface area contributed by atoms with Crippen LogP contribution in [0.15, 0.2) is 12.2 Å². The number of nitrogens with zero attached hydrogens (tertiary/aromatic N) is 1. The molecule has 2 bridgehead atoms. The summed E-state index contributed by atoms with van der Waals surface area (Å²) in [5, 5.41) is 0.